The maximum Gasteiger partial charge on any atom is 0.508 e. The van der Waals surface area contributed by atoms with Crippen LogP contribution in [0.4, 0.5) is 16.2 Å². The van der Waals surface area contributed by atoms with Crippen LogP contribution in [0.2, 0.25) is 18.1 Å². The van der Waals surface area contributed by atoms with Crippen LogP contribution in [0.15, 0.2) is 48.5 Å². The number of nitro groups is 2. The highest BCUT2D eigenvalue weighted by Gasteiger charge is 2.57. The van der Waals surface area contributed by atoms with Crippen LogP contribution < -0.4 is 0 Å². The van der Waals surface area contributed by atoms with E-state index in [9.17, 15) is 39.7 Å². The molecule has 1 aliphatic rings. The van der Waals surface area contributed by atoms with E-state index in [1.54, 1.807) is 13.0 Å². The largest absolute Gasteiger partial charge is 0.508 e. The maximum absolute atomic E-state index is 13.5. The van der Waals surface area contributed by atoms with Crippen molar-refractivity contribution in [2.75, 3.05) is 6.61 Å². The van der Waals surface area contributed by atoms with E-state index in [0.29, 0.717) is 0 Å². The van der Waals surface area contributed by atoms with E-state index >= 15 is 0 Å². The van der Waals surface area contributed by atoms with Crippen molar-refractivity contribution in [3.8, 4) is 0 Å². The van der Waals surface area contributed by atoms with Crippen molar-refractivity contribution in [3.05, 3.63) is 79.9 Å². The molecule has 3 rings (SSSR count). The number of esters is 1. The Labute approximate surface area is 273 Å². The minimum Gasteiger partial charge on any atom is -0.457 e. The van der Waals surface area contributed by atoms with Crippen LogP contribution >= 0.6 is 0 Å². The van der Waals surface area contributed by atoms with Crippen LogP contribution in [0.1, 0.15) is 45.7 Å². The molecule has 0 radical (unpaired) electrons. The lowest BCUT2D eigenvalue weighted by molar-refractivity contribution is -0.386. The standard InChI is InChI=1S/C31H41N3O12Si/c1-19(16-45-47(6,7)31(3,4)5)26-25(20(2)46-30(38)44-18-22-13-9-11-15-24(22)34(41)42)27(35)32(26)28(36)29(37)43-17-21-12-8-10-14-23(21)33(39)40/h8-15,19-20,25-26,28,36H,16-18H2,1-7H3/t19-,20-,25-,26-,28?/m1/s1. The number of para-hydroxylation sites is 2. The molecule has 0 aliphatic carbocycles. The molecule has 1 unspecified atom stereocenters. The second-order valence-corrected chi connectivity index (χ2v) is 17.7. The first-order valence-electron chi connectivity index (χ1n) is 15.0. The minimum atomic E-state index is -2.25. The second-order valence-electron chi connectivity index (χ2n) is 12.9. The summed E-state index contributed by atoms with van der Waals surface area (Å²) in [6.45, 7) is 12.7. The average molecular weight is 676 g/mol. The van der Waals surface area contributed by atoms with Crippen LogP contribution in [-0.2, 0) is 41.4 Å². The van der Waals surface area contributed by atoms with E-state index in [4.69, 9.17) is 18.6 Å². The molecule has 0 bridgehead atoms. The third-order valence-electron chi connectivity index (χ3n) is 8.68. The van der Waals surface area contributed by atoms with Gasteiger partial charge < -0.3 is 28.6 Å². The zero-order chi connectivity index (χ0) is 35.3. The number of hydrogen-bond acceptors (Lipinski definition) is 12. The van der Waals surface area contributed by atoms with Gasteiger partial charge in [0.1, 0.15) is 19.3 Å². The number of benzene rings is 2. The third-order valence-corrected chi connectivity index (χ3v) is 13.2. The number of carbonyl (C=O) groups is 3. The number of hydrogen-bond donors (Lipinski definition) is 1. The Kier molecular flexibility index (Phi) is 11.8. The van der Waals surface area contributed by atoms with Crippen molar-refractivity contribution < 1.29 is 48.0 Å². The summed E-state index contributed by atoms with van der Waals surface area (Å²) in [6, 6.07) is 10.5. The van der Waals surface area contributed by atoms with Gasteiger partial charge in [-0.05, 0) is 43.1 Å². The predicted octanol–water partition coefficient (Wildman–Crippen LogP) is 5.09. The number of aliphatic hydroxyl groups is 1. The highest BCUT2D eigenvalue weighted by molar-refractivity contribution is 6.74. The zero-order valence-corrected chi connectivity index (χ0v) is 28.4. The van der Waals surface area contributed by atoms with Gasteiger partial charge in [-0.3, -0.25) is 25.0 Å². The fourth-order valence-corrected chi connectivity index (χ4v) is 6.07. The number of aliphatic hydroxyl groups excluding tert-OH is 1. The number of nitro benzene ring substituents is 2. The summed E-state index contributed by atoms with van der Waals surface area (Å²) in [5, 5.41) is 33.5. The molecule has 2 aromatic rings. The third kappa shape index (κ3) is 8.69. The van der Waals surface area contributed by atoms with Gasteiger partial charge in [0.15, 0.2) is 8.32 Å². The van der Waals surface area contributed by atoms with E-state index < -0.39 is 79.6 Å². The first-order chi connectivity index (χ1) is 21.9. The first kappa shape index (κ1) is 37.0. The van der Waals surface area contributed by atoms with Crippen molar-refractivity contribution in [3.63, 3.8) is 0 Å². The monoisotopic (exact) mass is 675 g/mol. The SMILES string of the molecule is C[C@H](CO[Si](C)(C)C(C)(C)C)[C@@H]1[C@@H]([C@@H](C)OC(=O)OCc2ccccc2[N+](=O)[O-])C(=O)N1C(O)C(=O)OCc1ccccc1[N+](=O)[O-]. The van der Waals surface area contributed by atoms with Gasteiger partial charge in [0.25, 0.3) is 11.4 Å². The second kappa shape index (κ2) is 15.0. The lowest BCUT2D eigenvalue weighted by atomic mass is 9.76. The molecule has 16 heteroatoms. The number of carbonyl (C=O) groups excluding carboxylic acids is 3. The average Bonchev–Trinajstić information content (AvgIpc) is 2.99. The number of nitrogens with zero attached hydrogens (tertiary/aromatic N) is 3. The molecular weight excluding hydrogens is 634 g/mol. The Balaban J connectivity index is 1.76. The van der Waals surface area contributed by atoms with Crippen LogP contribution in [0.25, 0.3) is 0 Å². The molecule has 0 aromatic heterocycles. The molecule has 47 heavy (non-hydrogen) atoms. The fraction of sp³-hybridized carbons (Fsp3) is 0.516. The number of rotatable bonds is 14. The molecule has 1 fully saturated rings. The van der Waals surface area contributed by atoms with Crippen molar-refractivity contribution in [2.24, 2.45) is 11.8 Å². The van der Waals surface area contributed by atoms with Gasteiger partial charge in [-0.2, -0.15) is 0 Å². The van der Waals surface area contributed by atoms with Crippen LogP contribution in [0.5, 0.6) is 0 Å². The topological polar surface area (TPSA) is 198 Å². The molecule has 1 amide bonds. The highest BCUT2D eigenvalue weighted by atomic mass is 28.4. The normalized spacial score (nSPS) is 18.4. The number of likely N-dealkylation sites (tertiary alicyclic amines) is 1. The van der Waals surface area contributed by atoms with E-state index in [1.165, 1.54) is 49.4 Å². The Hall–Kier alpha value is -4.41. The Bertz CT molecular complexity index is 1490. The molecule has 15 nitrogen and oxygen atoms in total. The van der Waals surface area contributed by atoms with Gasteiger partial charge in [-0.1, -0.05) is 52.0 Å². The van der Waals surface area contributed by atoms with Gasteiger partial charge in [0.2, 0.25) is 12.1 Å². The summed E-state index contributed by atoms with van der Waals surface area (Å²) in [5.74, 6) is -3.37. The molecule has 1 N–H and O–H groups in total. The van der Waals surface area contributed by atoms with E-state index in [1.807, 2.05) is 0 Å². The van der Waals surface area contributed by atoms with Crippen molar-refractivity contribution in [2.45, 2.75) is 84.3 Å². The number of β-lactam (4-membered cyclic amide) rings is 1. The van der Waals surface area contributed by atoms with Gasteiger partial charge in [0.05, 0.1) is 32.9 Å². The van der Waals surface area contributed by atoms with Crippen molar-refractivity contribution in [1.29, 1.82) is 0 Å². The molecular formula is C31H41N3O12Si. The molecule has 2 aromatic carbocycles. The van der Waals surface area contributed by atoms with Crippen LogP contribution in [-0.4, -0.2) is 71.2 Å². The first-order valence-corrected chi connectivity index (χ1v) is 17.9. The van der Waals surface area contributed by atoms with Crippen molar-refractivity contribution in [1.82, 2.24) is 4.90 Å². The summed E-state index contributed by atoms with van der Waals surface area (Å²) < 4.78 is 22.0. The molecule has 0 spiro atoms. The predicted molar refractivity (Wildman–Crippen MR) is 169 cm³/mol. The smallest absolute Gasteiger partial charge is 0.457 e. The minimum absolute atomic E-state index is 0.0971. The summed E-state index contributed by atoms with van der Waals surface area (Å²) in [5.41, 5.74) is -0.273. The van der Waals surface area contributed by atoms with Crippen LogP contribution in [0.3, 0.4) is 0 Å². The summed E-state index contributed by atoms with van der Waals surface area (Å²) in [4.78, 5) is 61.3. The van der Waals surface area contributed by atoms with Gasteiger partial charge >= 0.3 is 12.1 Å². The zero-order valence-electron chi connectivity index (χ0n) is 27.4. The van der Waals surface area contributed by atoms with E-state index in [0.717, 1.165) is 4.90 Å². The van der Waals surface area contributed by atoms with E-state index in [2.05, 4.69) is 33.9 Å². The fourth-order valence-electron chi connectivity index (χ4n) is 4.96. The Morgan fingerprint density at radius 2 is 1.43 bits per heavy atom. The quantitative estimate of drug-likeness (QED) is 0.0916. The maximum atomic E-state index is 13.5. The lowest BCUT2D eigenvalue weighted by Crippen LogP contribution is -2.71. The molecule has 1 aliphatic heterocycles. The number of amides is 1. The Morgan fingerprint density at radius 1 is 0.936 bits per heavy atom. The number of ether oxygens (including phenoxy) is 3. The van der Waals surface area contributed by atoms with E-state index in [-0.39, 0.29) is 34.1 Å². The highest BCUT2D eigenvalue weighted by Crippen LogP contribution is 2.40. The lowest BCUT2D eigenvalue weighted by Gasteiger charge is -2.52. The summed E-state index contributed by atoms with van der Waals surface area (Å²) >= 11 is 0. The van der Waals surface area contributed by atoms with Gasteiger partial charge in [-0.25, -0.2) is 9.59 Å². The molecule has 1 saturated heterocycles. The molecule has 256 valence electrons. The molecule has 1 heterocycles. The molecule has 0 saturated carbocycles. The Morgan fingerprint density at radius 3 is 1.91 bits per heavy atom. The van der Waals surface area contributed by atoms with Crippen LogP contribution in [0, 0.1) is 32.1 Å². The molecule has 5 atom stereocenters. The van der Waals surface area contributed by atoms with Gasteiger partial charge in [0, 0.05) is 18.7 Å². The van der Waals surface area contributed by atoms with Gasteiger partial charge in [-0.15, -0.1) is 0 Å². The summed E-state index contributed by atoms with van der Waals surface area (Å²) in [7, 11) is -2.25. The van der Waals surface area contributed by atoms with Crippen molar-refractivity contribution >= 4 is 37.7 Å². The summed E-state index contributed by atoms with van der Waals surface area (Å²) in [6.07, 6.45) is -4.32.